The zero-order valence-electron chi connectivity index (χ0n) is 19.5. The predicted molar refractivity (Wildman–Crippen MR) is 125 cm³/mol. The van der Waals surface area contributed by atoms with E-state index in [1.807, 2.05) is 32.3 Å². The molecule has 5 nitrogen and oxygen atoms in total. The van der Waals surface area contributed by atoms with E-state index in [2.05, 4.69) is 24.1 Å². The van der Waals surface area contributed by atoms with E-state index in [0.717, 1.165) is 60.2 Å². The molecule has 0 aliphatic heterocycles. The average Bonchev–Trinajstić information content (AvgIpc) is 2.78. The molecule has 2 aliphatic carbocycles. The zero-order chi connectivity index (χ0) is 22.1. The molecule has 0 radical (unpaired) electrons. The van der Waals surface area contributed by atoms with Crippen molar-refractivity contribution in [2.24, 2.45) is 24.8 Å². The summed E-state index contributed by atoms with van der Waals surface area (Å²) in [7, 11) is 1.85. The third kappa shape index (κ3) is 4.56. The van der Waals surface area contributed by atoms with Crippen molar-refractivity contribution in [1.29, 1.82) is 0 Å². The van der Waals surface area contributed by atoms with Gasteiger partial charge in [-0.25, -0.2) is 0 Å². The highest BCUT2D eigenvalue weighted by Crippen LogP contribution is 2.38. The summed E-state index contributed by atoms with van der Waals surface area (Å²) in [6.07, 6.45) is 10.4. The monoisotopic (exact) mass is 423 g/mol. The van der Waals surface area contributed by atoms with Gasteiger partial charge in [0, 0.05) is 41.8 Å². The quantitative estimate of drug-likeness (QED) is 0.765. The number of aryl methyl sites for hydroxylation is 2. The summed E-state index contributed by atoms with van der Waals surface area (Å²) in [5.41, 5.74) is 2.80. The minimum absolute atomic E-state index is 0.0832. The van der Waals surface area contributed by atoms with Gasteiger partial charge < -0.3 is 9.88 Å². The molecule has 3 atom stereocenters. The number of carbonyl (C=O) groups is 1. The van der Waals surface area contributed by atoms with Crippen LogP contribution >= 0.6 is 0 Å². The third-order valence-corrected chi connectivity index (χ3v) is 8.01. The van der Waals surface area contributed by atoms with E-state index < -0.39 is 0 Å². The highest BCUT2D eigenvalue weighted by molar-refractivity contribution is 5.80. The van der Waals surface area contributed by atoms with Gasteiger partial charge in [-0.05, 0) is 81.8 Å². The fourth-order valence-corrected chi connectivity index (χ4v) is 5.79. The van der Waals surface area contributed by atoms with E-state index in [1.54, 1.807) is 4.57 Å². The van der Waals surface area contributed by atoms with Crippen LogP contribution in [-0.4, -0.2) is 21.5 Å². The molecule has 2 fully saturated rings. The van der Waals surface area contributed by atoms with E-state index in [-0.39, 0.29) is 29.3 Å². The van der Waals surface area contributed by atoms with Crippen molar-refractivity contribution in [2.75, 3.05) is 0 Å². The predicted octanol–water partition coefficient (Wildman–Crippen LogP) is 4.85. The Bertz CT molecular complexity index is 1000. The summed E-state index contributed by atoms with van der Waals surface area (Å²) in [5.74, 6) is 1.80. The lowest BCUT2D eigenvalue weighted by atomic mass is 9.74. The lowest BCUT2D eigenvalue weighted by Gasteiger charge is -2.36. The Morgan fingerprint density at radius 2 is 1.90 bits per heavy atom. The number of rotatable bonds is 4. The van der Waals surface area contributed by atoms with Gasteiger partial charge in [0.25, 0.3) is 5.56 Å². The lowest BCUT2D eigenvalue weighted by Crippen LogP contribution is -2.44. The summed E-state index contributed by atoms with van der Waals surface area (Å²) in [5, 5.41) is 4.37. The van der Waals surface area contributed by atoms with Crippen LogP contribution in [0.3, 0.4) is 0 Å². The van der Waals surface area contributed by atoms with Crippen molar-refractivity contribution >= 4 is 16.8 Å². The van der Waals surface area contributed by atoms with Gasteiger partial charge in [-0.3, -0.25) is 14.6 Å². The van der Waals surface area contributed by atoms with Crippen LogP contribution in [-0.2, 0) is 11.8 Å². The molecule has 0 bridgehead atoms. The van der Waals surface area contributed by atoms with Crippen LogP contribution in [0.1, 0.15) is 82.4 Å². The summed E-state index contributed by atoms with van der Waals surface area (Å²) >= 11 is 0. The van der Waals surface area contributed by atoms with E-state index in [1.165, 1.54) is 19.3 Å². The average molecular weight is 424 g/mol. The van der Waals surface area contributed by atoms with Crippen molar-refractivity contribution in [2.45, 2.75) is 84.1 Å². The van der Waals surface area contributed by atoms with Crippen LogP contribution in [0.15, 0.2) is 23.1 Å². The maximum Gasteiger partial charge on any atom is 0.254 e. The van der Waals surface area contributed by atoms with Crippen LogP contribution in [0.25, 0.3) is 10.9 Å². The number of hydrogen-bond acceptors (Lipinski definition) is 3. The van der Waals surface area contributed by atoms with E-state index in [4.69, 9.17) is 0 Å². The number of carbonyl (C=O) groups excluding carboxylic acids is 1. The molecule has 1 N–H and O–H groups in total. The Kier molecular flexibility index (Phi) is 6.49. The lowest BCUT2D eigenvalue weighted by molar-refractivity contribution is -0.127. The fraction of sp³-hybridized carbons (Fsp3) is 0.654. The number of hydrogen-bond donors (Lipinski definition) is 1. The molecule has 168 valence electrons. The maximum absolute atomic E-state index is 13.2. The van der Waals surface area contributed by atoms with Gasteiger partial charge in [0.1, 0.15) is 0 Å². The fourth-order valence-electron chi connectivity index (χ4n) is 5.79. The Labute approximate surface area is 185 Å². The van der Waals surface area contributed by atoms with E-state index in [0.29, 0.717) is 5.92 Å². The molecular weight excluding hydrogens is 386 g/mol. The van der Waals surface area contributed by atoms with Gasteiger partial charge >= 0.3 is 0 Å². The first-order chi connectivity index (χ1) is 14.9. The molecule has 2 saturated carbocycles. The summed E-state index contributed by atoms with van der Waals surface area (Å²) in [6, 6.07) is 4.18. The van der Waals surface area contributed by atoms with Crippen LogP contribution in [0.2, 0.25) is 0 Å². The van der Waals surface area contributed by atoms with Crippen molar-refractivity contribution in [3.8, 4) is 0 Å². The molecule has 2 aliphatic rings. The first-order valence-electron chi connectivity index (χ1n) is 12.1. The Morgan fingerprint density at radius 1 is 1.16 bits per heavy atom. The van der Waals surface area contributed by atoms with Crippen molar-refractivity contribution < 1.29 is 4.79 Å². The Balaban J connectivity index is 1.51. The summed E-state index contributed by atoms with van der Waals surface area (Å²) in [6.45, 7) is 6.44. The molecule has 0 aromatic carbocycles. The van der Waals surface area contributed by atoms with Gasteiger partial charge in [0.2, 0.25) is 5.91 Å². The van der Waals surface area contributed by atoms with Crippen molar-refractivity contribution in [3.05, 3.63) is 39.9 Å². The second kappa shape index (κ2) is 9.13. The first kappa shape index (κ1) is 22.0. The largest absolute Gasteiger partial charge is 0.353 e. The highest BCUT2D eigenvalue weighted by Gasteiger charge is 2.33. The Morgan fingerprint density at radius 3 is 2.61 bits per heavy atom. The van der Waals surface area contributed by atoms with Gasteiger partial charge in [-0.2, -0.15) is 0 Å². The van der Waals surface area contributed by atoms with Crippen LogP contribution < -0.4 is 10.9 Å². The van der Waals surface area contributed by atoms with Crippen LogP contribution in [0.4, 0.5) is 0 Å². The van der Waals surface area contributed by atoms with Crippen LogP contribution in [0.5, 0.6) is 0 Å². The van der Waals surface area contributed by atoms with Crippen LogP contribution in [0, 0.1) is 24.7 Å². The third-order valence-electron chi connectivity index (χ3n) is 8.01. The molecule has 5 heteroatoms. The molecule has 0 saturated heterocycles. The number of fused-ring (bicyclic) bond motifs is 1. The SMILES string of the molecule is CCC1CCC(C(=O)NC2CCC(C)C(c3cc4cnc(C)cc4n(C)c3=O)C2)CC1. The normalized spacial score (nSPS) is 29.1. The molecular formula is C26H37N3O2. The van der Waals surface area contributed by atoms with Crippen molar-refractivity contribution in [3.63, 3.8) is 0 Å². The molecule has 3 unspecified atom stereocenters. The molecule has 2 heterocycles. The maximum atomic E-state index is 13.2. The van der Waals surface area contributed by atoms with Gasteiger partial charge in [-0.15, -0.1) is 0 Å². The topological polar surface area (TPSA) is 64.0 Å². The minimum atomic E-state index is 0.0832. The number of nitrogens with zero attached hydrogens (tertiary/aromatic N) is 2. The van der Waals surface area contributed by atoms with Crippen molar-refractivity contribution in [1.82, 2.24) is 14.9 Å². The molecule has 2 aromatic heterocycles. The molecule has 2 aromatic rings. The minimum Gasteiger partial charge on any atom is -0.353 e. The second-order valence-corrected chi connectivity index (χ2v) is 10.1. The van der Waals surface area contributed by atoms with E-state index in [9.17, 15) is 9.59 Å². The van der Waals surface area contributed by atoms with Gasteiger partial charge in [-0.1, -0.05) is 20.3 Å². The first-order valence-corrected chi connectivity index (χ1v) is 12.1. The number of amides is 1. The second-order valence-electron chi connectivity index (χ2n) is 10.1. The van der Waals surface area contributed by atoms with Gasteiger partial charge in [0.05, 0.1) is 5.52 Å². The molecule has 1 amide bonds. The van der Waals surface area contributed by atoms with E-state index >= 15 is 0 Å². The smallest absolute Gasteiger partial charge is 0.254 e. The standard InChI is InChI=1S/C26H37N3O2/c1-5-18-7-9-19(10-8-18)25(30)28-21-11-6-16(2)22(14-21)23-13-20-15-27-17(3)12-24(20)29(4)26(23)31/h12-13,15-16,18-19,21-22H,5-11,14H2,1-4H3,(H,28,30). The van der Waals surface area contributed by atoms with Gasteiger partial charge in [0.15, 0.2) is 0 Å². The summed E-state index contributed by atoms with van der Waals surface area (Å²) < 4.78 is 1.76. The molecule has 31 heavy (non-hydrogen) atoms. The number of nitrogens with one attached hydrogen (secondary N) is 1. The highest BCUT2D eigenvalue weighted by atomic mass is 16.2. The molecule has 4 rings (SSSR count). The molecule has 0 spiro atoms. The number of aromatic nitrogens is 2. The summed E-state index contributed by atoms with van der Waals surface area (Å²) in [4.78, 5) is 30.6. The number of pyridine rings is 2. The zero-order valence-corrected chi connectivity index (χ0v) is 19.5. The Hall–Kier alpha value is -2.17.